The van der Waals surface area contributed by atoms with Crippen LogP contribution >= 0.6 is 0 Å². The first kappa shape index (κ1) is 31.7. The maximum absolute atomic E-state index is 12.9. The van der Waals surface area contributed by atoms with E-state index in [1.165, 1.54) is 6.92 Å². The molecule has 0 aromatic carbocycles. The Morgan fingerprint density at radius 2 is 1.26 bits per heavy atom. The Morgan fingerprint density at radius 1 is 0.743 bits per heavy atom. The van der Waals surface area contributed by atoms with Gasteiger partial charge in [0.05, 0.1) is 12.1 Å². The minimum absolute atomic E-state index is 0.0136. The Morgan fingerprint density at radius 3 is 1.71 bits per heavy atom. The fourth-order valence-corrected chi connectivity index (χ4v) is 3.04. The molecule has 0 unspecified atom stereocenters. The molecule has 0 saturated heterocycles. The second kappa shape index (κ2) is 15.6. The molecule has 0 aliphatic carbocycles. The maximum atomic E-state index is 12.9. The number of hydrogen-bond donors (Lipinski definition) is 8. The standard InChI is InChI=1S/C21H36N4O10/c1-10(2)9-14(20(33)25-17(11(3)26)21(34)35)24-19(32)13(7-8-16(29)30)23-18(31)12(22)5-4-6-15(27)28/h10-14,17,26H,4-9,22H2,1-3H3,(H,23,31)(H,24,32)(H,25,33)(H,27,28)(H,29,30)(H,34,35)/t11-,12+,13-,14-,17+/m1/s1. The molecule has 3 amide bonds. The van der Waals surface area contributed by atoms with E-state index in [-0.39, 0.29) is 38.0 Å². The highest BCUT2D eigenvalue weighted by Gasteiger charge is 2.32. The Kier molecular flexibility index (Phi) is 14.2. The molecule has 35 heavy (non-hydrogen) atoms. The van der Waals surface area contributed by atoms with E-state index in [0.29, 0.717) is 0 Å². The van der Waals surface area contributed by atoms with Gasteiger partial charge in [-0.15, -0.1) is 0 Å². The summed E-state index contributed by atoms with van der Waals surface area (Å²) < 4.78 is 0. The van der Waals surface area contributed by atoms with Gasteiger partial charge in [-0.1, -0.05) is 13.8 Å². The van der Waals surface area contributed by atoms with E-state index in [0.717, 1.165) is 0 Å². The summed E-state index contributed by atoms with van der Waals surface area (Å²) in [6, 6.07) is -5.39. The highest BCUT2D eigenvalue weighted by atomic mass is 16.4. The number of carboxylic acids is 3. The van der Waals surface area contributed by atoms with E-state index in [1.54, 1.807) is 13.8 Å². The summed E-state index contributed by atoms with van der Waals surface area (Å²) in [5.74, 6) is -6.48. The van der Waals surface area contributed by atoms with Gasteiger partial charge in [-0.3, -0.25) is 24.0 Å². The Labute approximate surface area is 202 Å². The number of rotatable bonds is 17. The first-order valence-electron chi connectivity index (χ1n) is 11.2. The summed E-state index contributed by atoms with van der Waals surface area (Å²) in [7, 11) is 0. The number of nitrogens with two attached hydrogens (primary N) is 1. The summed E-state index contributed by atoms with van der Waals surface area (Å²) in [6.07, 6.45) is -2.23. The molecule has 0 heterocycles. The van der Waals surface area contributed by atoms with Crippen molar-refractivity contribution in [2.24, 2.45) is 11.7 Å². The van der Waals surface area contributed by atoms with Gasteiger partial charge in [0.25, 0.3) is 0 Å². The summed E-state index contributed by atoms with van der Waals surface area (Å²) in [5, 5.41) is 43.3. The number of carbonyl (C=O) groups is 6. The number of aliphatic carboxylic acids is 3. The number of aliphatic hydroxyl groups is 1. The highest BCUT2D eigenvalue weighted by molar-refractivity contribution is 5.94. The third-order valence-corrected chi connectivity index (χ3v) is 4.91. The number of amides is 3. The average molecular weight is 505 g/mol. The monoisotopic (exact) mass is 504 g/mol. The Bertz CT molecular complexity index is 771. The lowest BCUT2D eigenvalue weighted by atomic mass is 10.0. The first-order chi connectivity index (χ1) is 16.1. The summed E-state index contributed by atoms with van der Waals surface area (Å²) in [5.41, 5.74) is 5.74. The van der Waals surface area contributed by atoms with E-state index in [4.69, 9.17) is 15.9 Å². The van der Waals surface area contributed by atoms with Gasteiger partial charge in [0.15, 0.2) is 6.04 Å². The van der Waals surface area contributed by atoms with Crippen LogP contribution in [0.3, 0.4) is 0 Å². The van der Waals surface area contributed by atoms with Crippen molar-refractivity contribution in [2.75, 3.05) is 0 Å². The summed E-state index contributed by atoms with van der Waals surface area (Å²) in [4.78, 5) is 70.9. The third kappa shape index (κ3) is 13.3. The van der Waals surface area contributed by atoms with Crippen molar-refractivity contribution in [2.45, 2.75) is 89.6 Å². The number of hydrogen-bond acceptors (Lipinski definition) is 8. The van der Waals surface area contributed by atoms with Crippen molar-refractivity contribution in [3.63, 3.8) is 0 Å². The molecule has 0 aromatic rings. The molecule has 0 aliphatic heterocycles. The van der Waals surface area contributed by atoms with Crippen molar-refractivity contribution in [1.29, 1.82) is 0 Å². The fourth-order valence-electron chi connectivity index (χ4n) is 3.04. The molecule has 14 heteroatoms. The average Bonchev–Trinajstić information content (AvgIpc) is 2.72. The molecular weight excluding hydrogens is 468 g/mol. The van der Waals surface area contributed by atoms with Crippen molar-refractivity contribution in [3.05, 3.63) is 0 Å². The van der Waals surface area contributed by atoms with Crippen molar-refractivity contribution in [3.8, 4) is 0 Å². The van der Waals surface area contributed by atoms with E-state index >= 15 is 0 Å². The largest absolute Gasteiger partial charge is 0.481 e. The van der Waals surface area contributed by atoms with Gasteiger partial charge in [0, 0.05) is 12.8 Å². The molecule has 0 aromatic heterocycles. The molecule has 0 spiro atoms. The minimum Gasteiger partial charge on any atom is -0.481 e. The zero-order chi connectivity index (χ0) is 27.3. The molecule has 0 radical (unpaired) electrons. The lowest BCUT2D eigenvalue weighted by Crippen LogP contribution is -2.58. The molecular formula is C21H36N4O10. The topological polar surface area (TPSA) is 245 Å². The van der Waals surface area contributed by atoms with Gasteiger partial charge in [-0.05, 0) is 38.5 Å². The molecule has 0 bridgehead atoms. The van der Waals surface area contributed by atoms with E-state index in [1.807, 2.05) is 0 Å². The van der Waals surface area contributed by atoms with Gasteiger partial charge in [-0.25, -0.2) is 4.79 Å². The van der Waals surface area contributed by atoms with Gasteiger partial charge in [0.1, 0.15) is 12.1 Å². The SMILES string of the molecule is CC(C)C[C@@H](NC(=O)[C@@H](CCC(=O)O)NC(=O)[C@@H](N)CCCC(=O)O)C(=O)N[C@H](C(=O)O)[C@@H](C)O. The molecule has 0 aliphatic rings. The van der Waals surface area contributed by atoms with Crippen molar-refractivity contribution in [1.82, 2.24) is 16.0 Å². The van der Waals surface area contributed by atoms with Crippen LogP contribution in [0.15, 0.2) is 0 Å². The number of nitrogens with one attached hydrogen (secondary N) is 3. The summed E-state index contributed by atoms with van der Waals surface area (Å²) in [6.45, 7) is 4.66. The number of carbonyl (C=O) groups excluding carboxylic acids is 3. The Hall–Kier alpha value is -3.26. The van der Waals surface area contributed by atoms with Crippen molar-refractivity contribution < 1.29 is 49.2 Å². The second-order valence-corrected chi connectivity index (χ2v) is 8.64. The van der Waals surface area contributed by atoms with Crippen LogP contribution in [-0.4, -0.2) is 86.3 Å². The van der Waals surface area contributed by atoms with Gasteiger partial charge >= 0.3 is 17.9 Å². The van der Waals surface area contributed by atoms with Crippen LogP contribution in [0.5, 0.6) is 0 Å². The normalized spacial score (nSPS) is 15.3. The lowest BCUT2D eigenvalue weighted by molar-refractivity contribution is -0.145. The van der Waals surface area contributed by atoms with Crippen LogP contribution in [0.25, 0.3) is 0 Å². The molecule has 14 nitrogen and oxygen atoms in total. The molecule has 0 saturated carbocycles. The predicted octanol–water partition coefficient (Wildman–Crippen LogP) is -1.60. The fraction of sp³-hybridized carbons (Fsp3) is 0.714. The quantitative estimate of drug-likeness (QED) is 0.112. The Balaban J connectivity index is 5.49. The van der Waals surface area contributed by atoms with Crippen LogP contribution in [0.4, 0.5) is 0 Å². The van der Waals surface area contributed by atoms with E-state index in [2.05, 4.69) is 16.0 Å². The molecule has 5 atom stereocenters. The van der Waals surface area contributed by atoms with Crippen LogP contribution < -0.4 is 21.7 Å². The zero-order valence-electron chi connectivity index (χ0n) is 20.0. The van der Waals surface area contributed by atoms with Gasteiger partial charge < -0.3 is 42.1 Å². The van der Waals surface area contributed by atoms with Gasteiger partial charge in [0.2, 0.25) is 17.7 Å². The first-order valence-corrected chi connectivity index (χ1v) is 11.2. The molecule has 9 N–H and O–H groups in total. The smallest absolute Gasteiger partial charge is 0.328 e. The van der Waals surface area contributed by atoms with Crippen LogP contribution in [0.1, 0.15) is 59.3 Å². The van der Waals surface area contributed by atoms with Gasteiger partial charge in [-0.2, -0.15) is 0 Å². The lowest BCUT2D eigenvalue weighted by Gasteiger charge is -2.26. The molecule has 200 valence electrons. The zero-order valence-corrected chi connectivity index (χ0v) is 20.0. The number of carboxylic acid groups (broad SMARTS) is 3. The second-order valence-electron chi connectivity index (χ2n) is 8.64. The van der Waals surface area contributed by atoms with E-state index < -0.39 is 72.3 Å². The minimum atomic E-state index is -1.62. The predicted molar refractivity (Wildman–Crippen MR) is 121 cm³/mol. The molecule has 0 rings (SSSR count). The third-order valence-electron chi connectivity index (χ3n) is 4.91. The van der Waals surface area contributed by atoms with Crippen LogP contribution in [0.2, 0.25) is 0 Å². The van der Waals surface area contributed by atoms with Crippen molar-refractivity contribution >= 4 is 35.6 Å². The molecule has 0 fully saturated rings. The van der Waals surface area contributed by atoms with E-state index in [9.17, 15) is 39.0 Å². The van der Waals surface area contributed by atoms with Crippen LogP contribution in [-0.2, 0) is 28.8 Å². The maximum Gasteiger partial charge on any atom is 0.328 e. The highest BCUT2D eigenvalue weighted by Crippen LogP contribution is 2.09. The number of aliphatic hydroxyl groups excluding tert-OH is 1. The summed E-state index contributed by atoms with van der Waals surface area (Å²) >= 11 is 0. The van der Waals surface area contributed by atoms with Crippen LogP contribution in [0, 0.1) is 5.92 Å².